The monoisotopic (exact) mass is 389 g/mol. The van der Waals surface area contributed by atoms with Crippen LogP contribution < -0.4 is 15.3 Å². The first-order chi connectivity index (χ1) is 13.0. The van der Waals surface area contributed by atoms with Gasteiger partial charge in [0.2, 0.25) is 10.8 Å². The van der Waals surface area contributed by atoms with Gasteiger partial charge in [0.05, 0.1) is 18.9 Å². The van der Waals surface area contributed by atoms with E-state index in [1.165, 1.54) is 17.5 Å². The maximum Gasteiger partial charge on any atom is 0.206 e. The molecule has 2 heterocycles. The molecule has 8 nitrogen and oxygen atoms in total. The highest BCUT2D eigenvalue weighted by Gasteiger charge is 2.41. The highest BCUT2D eigenvalue weighted by Crippen LogP contribution is 2.38. The summed E-state index contributed by atoms with van der Waals surface area (Å²) in [5, 5.41) is 12.6. The van der Waals surface area contributed by atoms with Gasteiger partial charge in [0.1, 0.15) is 0 Å². The molecule has 144 valence electrons. The number of ether oxygens (including phenoxy) is 2. The van der Waals surface area contributed by atoms with Crippen molar-refractivity contribution in [3.05, 3.63) is 29.6 Å². The molecule has 4 rings (SSSR count). The Morgan fingerprint density at radius 1 is 1.26 bits per heavy atom. The number of methoxy groups -OCH3 is 1. The molecule has 1 aromatic carbocycles. The van der Waals surface area contributed by atoms with Gasteiger partial charge >= 0.3 is 0 Å². The molecule has 0 amide bonds. The number of nitrogens with two attached hydrogens (primary N) is 1. The molecule has 0 saturated heterocycles. The Labute approximate surface area is 163 Å². The first-order valence-electron chi connectivity index (χ1n) is 9.00. The van der Waals surface area contributed by atoms with E-state index < -0.39 is 5.60 Å². The summed E-state index contributed by atoms with van der Waals surface area (Å²) in [6.45, 7) is 1.88. The topological polar surface area (TPSA) is 96.8 Å². The lowest BCUT2D eigenvalue weighted by atomic mass is 9.95. The molecule has 1 fully saturated rings. The standard InChI is InChI=1S/C18H23N5O3S/c1-18(16-20-21-17(27)23(16)19)10-13(22-26-18)11-7-8-14(24-2)15(9-11)25-12-5-3-4-6-12/h7-9,12H,3-6,10,19H2,1-2H3,(H,21,27). The summed E-state index contributed by atoms with van der Waals surface area (Å²) in [6, 6.07) is 5.81. The molecular formula is C18H23N5O3S. The van der Waals surface area contributed by atoms with Gasteiger partial charge in [-0.3, -0.25) is 0 Å². The van der Waals surface area contributed by atoms with Crippen molar-refractivity contribution >= 4 is 18.3 Å². The van der Waals surface area contributed by atoms with Gasteiger partial charge in [-0.05, 0) is 50.8 Å². The molecule has 1 saturated carbocycles. The van der Waals surface area contributed by atoms with Crippen LogP contribution in [0.3, 0.4) is 0 Å². The van der Waals surface area contributed by atoms with Crippen molar-refractivity contribution in [2.75, 3.05) is 13.0 Å². The number of nitrogens with zero attached hydrogens (tertiary/aromatic N) is 4. The van der Waals surface area contributed by atoms with Crippen LogP contribution in [-0.4, -0.2) is 33.8 Å². The number of oxime groups is 1. The van der Waals surface area contributed by atoms with Gasteiger partial charge in [-0.25, -0.2) is 4.68 Å². The molecule has 0 bridgehead atoms. The van der Waals surface area contributed by atoms with Crippen molar-refractivity contribution in [3.63, 3.8) is 0 Å². The molecule has 0 radical (unpaired) electrons. The van der Waals surface area contributed by atoms with Crippen LogP contribution in [0.4, 0.5) is 0 Å². The van der Waals surface area contributed by atoms with Crippen molar-refractivity contribution in [1.29, 1.82) is 0 Å². The molecule has 1 unspecified atom stereocenters. The number of rotatable bonds is 5. The first-order valence-corrected chi connectivity index (χ1v) is 9.45. The summed E-state index contributed by atoms with van der Waals surface area (Å²) in [6.07, 6.45) is 5.31. The van der Waals surface area contributed by atoms with Crippen LogP contribution in [-0.2, 0) is 10.4 Å². The highest BCUT2D eigenvalue weighted by atomic mass is 32.1. The number of aromatic nitrogens is 3. The molecule has 1 atom stereocenters. The zero-order chi connectivity index (χ0) is 19.0. The Morgan fingerprint density at radius 3 is 2.70 bits per heavy atom. The predicted molar refractivity (Wildman–Crippen MR) is 103 cm³/mol. The zero-order valence-electron chi connectivity index (χ0n) is 15.4. The van der Waals surface area contributed by atoms with Crippen LogP contribution in [0.2, 0.25) is 0 Å². The summed E-state index contributed by atoms with van der Waals surface area (Å²) < 4.78 is 12.9. The SMILES string of the molecule is COc1ccc(C2=NOC(C)(c3nnc(S)n3N)C2)cc1OC1CCCC1. The van der Waals surface area contributed by atoms with Gasteiger partial charge in [-0.2, -0.15) is 0 Å². The van der Waals surface area contributed by atoms with Crippen LogP contribution >= 0.6 is 12.6 Å². The summed E-state index contributed by atoms with van der Waals surface area (Å²) in [4.78, 5) is 5.70. The van der Waals surface area contributed by atoms with Crippen LogP contribution in [0, 0.1) is 0 Å². The fraction of sp³-hybridized carbons (Fsp3) is 0.500. The van der Waals surface area contributed by atoms with E-state index in [1.54, 1.807) is 7.11 Å². The van der Waals surface area contributed by atoms with Crippen LogP contribution in [0.15, 0.2) is 28.5 Å². The number of hydrogen-bond donors (Lipinski definition) is 2. The smallest absolute Gasteiger partial charge is 0.206 e. The largest absolute Gasteiger partial charge is 0.493 e. The van der Waals surface area contributed by atoms with E-state index in [-0.39, 0.29) is 6.10 Å². The van der Waals surface area contributed by atoms with E-state index >= 15 is 0 Å². The number of nitrogen functional groups attached to an aromatic ring is 1. The van der Waals surface area contributed by atoms with Crippen molar-refractivity contribution < 1.29 is 14.3 Å². The minimum Gasteiger partial charge on any atom is -0.493 e. The molecule has 2 N–H and O–H groups in total. The van der Waals surface area contributed by atoms with Crippen LogP contribution in [0.5, 0.6) is 11.5 Å². The maximum atomic E-state index is 6.18. The molecule has 1 aliphatic carbocycles. The second-order valence-corrected chi connectivity index (χ2v) is 7.52. The van der Waals surface area contributed by atoms with E-state index in [1.807, 2.05) is 25.1 Å². The van der Waals surface area contributed by atoms with E-state index in [2.05, 4.69) is 28.0 Å². The lowest BCUT2D eigenvalue weighted by Gasteiger charge is -2.20. The number of benzene rings is 1. The fourth-order valence-electron chi connectivity index (χ4n) is 3.59. The van der Waals surface area contributed by atoms with Crippen molar-refractivity contribution in [2.24, 2.45) is 5.16 Å². The lowest BCUT2D eigenvalue weighted by molar-refractivity contribution is -0.0165. The van der Waals surface area contributed by atoms with E-state index in [0.717, 1.165) is 29.9 Å². The van der Waals surface area contributed by atoms with E-state index in [4.69, 9.17) is 20.2 Å². The zero-order valence-corrected chi connectivity index (χ0v) is 16.3. The quantitative estimate of drug-likeness (QED) is 0.603. The Hall–Kier alpha value is -2.42. The first kappa shape index (κ1) is 18.0. The molecule has 0 spiro atoms. The molecule has 2 aromatic rings. The second kappa shape index (κ2) is 6.95. The van der Waals surface area contributed by atoms with Gasteiger partial charge in [-0.15, -0.1) is 22.8 Å². The Bertz CT molecular complexity index is 878. The highest BCUT2D eigenvalue weighted by molar-refractivity contribution is 7.80. The average Bonchev–Trinajstić information content (AvgIpc) is 3.38. The van der Waals surface area contributed by atoms with Gasteiger partial charge in [0.15, 0.2) is 17.3 Å². The van der Waals surface area contributed by atoms with Gasteiger partial charge in [0.25, 0.3) is 0 Å². The predicted octanol–water partition coefficient (Wildman–Crippen LogP) is 2.65. The van der Waals surface area contributed by atoms with Crippen molar-refractivity contribution in [3.8, 4) is 11.5 Å². The number of thiol groups is 1. The Balaban J connectivity index is 1.57. The van der Waals surface area contributed by atoms with Gasteiger partial charge in [-0.1, -0.05) is 5.16 Å². The van der Waals surface area contributed by atoms with E-state index in [0.29, 0.717) is 23.2 Å². The third-order valence-electron chi connectivity index (χ3n) is 5.11. The normalized spacial score (nSPS) is 22.6. The molecule has 2 aliphatic rings. The maximum absolute atomic E-state index is 6.18. The number of hydrogen-bond acceptors (Lipinski definition) is 8. The van der Waals surface area contributed by atoms with Crippen LogP contribution in [0.1, 0.15) is 50.4 Å². The molecule has 9 heteroatoms. The minimum absolute atomic E-state index is 0.241. The lowest BCUT2D eigenvalue weighted by Crippen LogP contribution is -2.30. The summed E-state index contributed by atoms with van der Waals surface area (Å²) in [5.41, 5.74) is 0.909. The average molecular weight is 389 g/mol. The Kier molecular flexibility index (Phi) is 4.63. The molecule has 27 heavy (non-hydrogen) atoms. The Morgan fingerprint density at radius 2 is 2.04 bits per heavy atom. The third kappa shape index (κ3) is 3.31. The minimum atomic E-state index is -0.801. The second-order valence-electron chi connectivity index (χ2n) is 7.12. The van der Waals surface area contributed by atoms with E-state index in [9.17, 15) is 0 Å². The summed E-state index contributed by atoms with van der Waals surface area (Å²) >= 11 is 4.17. The summed E-state index contributed by atoms with van der Waals surface area (Å²) in [5.74, 6) is 7.88. The molecular weight excluding hydrogens is 366 g/mol. The van der Waals surface area contributed by atoms with Crippen molar-refractivity contribution in [1.82, 2.24) is 14.9 Å². The van der Waals surface area contributed by atoms with Gasteiger partial charge < -0.3 is 20.2 Å². The third-order valence-corrected chi connectivity index (χ3v) is 5.41. The molecule has 1 aliphatic heterocycles. The van der Waals surface area contributed by atoms with Crippen molar-refractivity contribution in [2.45, 2.75) is 55.9 Å². The molecule has 1 aromatic heterocycles. The van der Waals surface area contributed by atoms with Gasteiger partial charge in [0, 0.05) is 12.0 Å². The summed E-state index contributed by atoms with van der Waals surface area (Å²) in [7, 11) is 1.65. The van der Waals surface area contributed by atoms with Crippen LogP contribution in [0.25, 0.3) is 0 Å². The fourth-order valence-corrected chi connectivity index (χ4v) is 3.73.